The van der Waals surface area contributed by atoms with Gasteiger partial charge in [0.2, 0.25) is 0 Å². The Morgan fingerprint density at radius 2 is 1.85 bits per heavy atom. The number of aldehydes is 2. The Kier molecular flexibility index (Phi) is 5.58. The molecule has 0 spiro atoms. The zero-order valence-corrected chi connectivity index (χ0v) is 11.2. The molecule has 0 saturated heterocycles. The highest BCUT2D eigenvalue weighted by molar-refractivity contribution is 5.91. The predicted octanol–water partition coefficient (Wildman–Crippen LogP) is 1.25. The molecule has 1 unspecified atom stereocenters. The van der Waals surface area contributed by atoms with Crippen LogP contribution in [0, 0.1) is 5.92 Å². The fraction of sp³-hybridized carbons (Fsp3) is 0.286. The number of hydroxylamine groups is 2. The molecule has 1 aromatic carbocycles. The fourth-order valence-corrected chi connectivity index (χ4v) is 1.38. The van der Waals surface area contributed by atoms with Gasteiger partial charge in [0.1, 0.15) is 12.6 Å². The number of rotatable bonds is 5. The van der Waals surface area contributed by atoms with Crippen LogP contribution in [0.4, 0.5) is 0 Å². The third-order valence-electron chi connectivity index (χ3n) is 2.58. The van der Waals surface area contributed by atoms with Crippen molar-refractivity contribution in [1.82, 2.24) is 5.06 Å². The Balaban J connectivity index is 2.62. The predicted molar refractivity (Wildman–Crippen MR) is 69.9 cm³/mol. The van der Waals surface area contributed by atoms with Crippen molar-refractivity contribution >= 4 is 24.4 Å². The van der Waals surface area contributed by atoms with Crippen molar-refractivity contribution in [1.29, 1.82) is 0 Å². The SMILES string of the molecule is CC(C=O)CC(=O)N(C)OC(=O)c1ccc(C=O)cc1. The second-order valence-electron chi connectivity index (χ2n) is 4.33. The lowest BCUT2D eigenvalue weighted by molar-refractivity contribution is -0.162. The maximum Gasteiger partial charge on any atom is 0.363 e. The monoisotopic (exact) mass is 277 g/mol. The van der Waals surface area contributed by atoms with Gasteiger partial charge >= 0.3 is 5.97 Å². The summed E-state index contributed by atoms with van der Waals surface area (Å²) in [7, 11) is 1.30. The molecule has 1 rings (SSSR count). The van der Waals surface area contributed by atoms with Gasteiger partial charge in [0.25, 0.3) is 5.91 Å². The molecule has 1 atom stereocenters. The van der Waals surface area contributed by atoms with Crippen LogP contribution in [0.2, 0.25) is 0 Å². The number of benzene rings is 1. The Bertz CT molecular complexity index is 509. The molecule has 0 aliphatic rings. The Hall–Kier alpha value is -2.50. The Labute approximate surface area is 116 Å². The molecule has 0 fully saturated rings. The molecule has 0 N–H and O–H groups in total. The van der Waals surface area contributed by atoms with Crippen LogP contribution >= 0.6 is 0 Å². The van der Waals surface area contributed by atoms with E-state index < -0.39 is 17.8 Å². The largest absolute Gasteiger partial charge is 0.363 e. The highest BCUT2D eigenvalue weighted by Gasteiger charge is 2.17. The highest BCUT2D eigenvalue weighted by Crippen LogP contribution is 2.07. The lowest BCUT2D eigenvalue weighted by Gasteiger charge is -2.16. The minimum Gasteiger partial charge on any atom is -0.333 e. The smallest absolute Gasteiger partial charge is 0.333 e. The van der Waals surface area contributed by atoms with Crippen LogP contribution in [-0.2, 0) is 14.4 Å². The Morgan fingerprint density at radius 3 is 2.35 bits per heavy atom. The molecule has 1 aromatic rings. The van der Waals surface area contributed by atoms with Gasteiger partial charge in [-0.25, -0.2) is 4.79 Å². The molecular formula is C14H15NO5. The number of amides is 1. The van der Waals surface area contributed by atoms with Gasteiger partial charge in [-0.2, -0.15) is 5.06 Å². The summed E-state index contributed by atoms with van der Waals surface area (Å²) in [5.41, 5.74) is 0.657. The van der Waals surface area contributed by atoms with Gasteiger partial charge in [0.05, 0.1) is 5.56 Å². The zero-order valence-electron chi connectivity index (χ0n) is 11.2. The van der Waals surface area contributed by atoms with E-state index in [2.05, 4.69) is 0 Å². The average Bonchev–Trinajstić information content (AvgIpc) is 2.46. The molecule has 0 bridgehead atoms. The van der Waals surface area contributed by atoms with Gasteiger partial charge in [0.15, 0.2) is 0 Å². The average molecular weight is 277 g/mol. The van der Waals surface area contributed by atoms with Crippen molar-refractivity contribution < 1.29 is 24.0 Å². The van der Waals surface area contributed by atoms with E-state index in [4.69, 9.17) is 4.84 Å². The molecule has 0 saturated carbocycles. The number of hydrogen-bond acceptors (Lipinski definition) is 5. The van der Waals surface area contributed by atoms with Crippen LogP contribution in [0.5, 0.6) is 0 Å². The van der Waals surface area contributed by atoms with Crippen LogP contribution in [0.1, 0.15) is 34.1 Å². The summed E-state index contributed by atoms with van der Waals surface area (Å²) in [6.07, 6.45) is 1.29. The van der Waals surface area contributed by atoms with Gasteiger partial charge in [-0.3, -0.25) is 9.59 Å². The summed E-state index contributed by atoms with van der Waals surface area (Å²) in [5.74, 6) is -1.62. The summed E-state index contributed by atoms with van der Waals surface area (Å²) < 4.78 is 0. The first-order chi connectivity index (χ1) is 9.47. The van der Waals surface area contributed by atoms with Crippen molar-refractivity contribution in [2.75, 3.05) is 7.05 Å². The maximum atomic E-state index is 11.7. The molecule has 6 heteroatoms. The zero-order chi connectivity index (χ0) is 15.1. The van der Waals surface area contributed by atoms with Gasteiger partial charge in [-0.1, -0.05) is 19.1 Å². The van der Waals surface area contributed by atoms with Crippen molar-refractivity contribution in [2.24, 2.45) is 5.92 Å². The van der Waals surface area contributed by atoms with Crippen LogP contribution in [0.15, 0.2) is 24.3 Å². The molecule has 0 aromatic heterocycles. The quantitative estimate of drug-likeness (QED) is 0.597. The van der Waals surface area contributed by atoms with E-state index >= 15 is 0 Å². The summed E-state index contributed by atoms with van der Waals surface area (Å²) in [6.45, 7) is 1.60. The topological polar surface area (TPSA) is 80.8 Å². The first-order valence-corrected chi connectivity index (χ1v) is 5.97. The van der Waals surface area contributed by atoms with E-state index in [1.54, 1.807) is 6.92 Å². The van der Waals surface area contributed by atoms with E-state index in [1.165, 1.54) is 31.3 Å². The molecule has 0 aliphatic carbocycles. The van der Waals surface area contributed by atoms with E-state index in [0.717, 1.165) is 5.06 Å². The van der Waals surface area contributed by atoms with E-state index in [0.29, 0.717) is 18.1 Å². The molecule has 6 nitrogen and oxygen atoms in total. The van der Waals surface area contributed by atoms with Gasteiger partial charge < -0.3 is 9.63 Å². The molecule has 0 radical (unpaired) electrons. The molecular weight excluding hydrogens is 262 g/mol. The summed E-state index contributed by atoms with van der Waals surface area (Å²) in [6, 6.07) is 5.80. The fourth-order valence-electron chi connectivity index (χ4n) is 1.38. The second-order valence-corrected chi connectivity index (χ2v) is 4.33. The molecule has 0 heterocycles. The van der Waals surface area contributed by atoms with Crippen LogP contribution in [0.25, 0.3) is 0 Å². The number of carbonyl (C=O) groups is 4. The van der Waals surface area contributed by atoms with E-state index in [-0.39, 0.29) is 12.0 Å². The third kappa shape index (κ3) is 4.31. The van der Waals surface area contributed by atoms with Crippen molar-refractivity contribution in [3.63, 3.8) is 0 Å². The Morgan fingerprint density at radius 1 is 1.25 bits per heavy atom. The highest BCUT2D eigenvalue weighted by atomic mass is 16.7. The molecule has 1 amide bonds. The lowest BCUT2D eigenvalue weighted by atomic mass is 10.1. The van der Waals surface area contributed by atoms with Gasteiger partial charge in [0, 0.05) is 24.9 Å². The van der Waals surface area contributed by atoms with Crippen molar-refractivity contribution in [3.8, 4) is 0 Å². The number of hydrogen-bond donors (Lipinski definition) is 0. The maximum absolute atomic E-state index is 11.7. The van der Waals surface area contributed by atoms with E-state index in [1.807, 2.05) is 0 Å². The van der Waals surface area contributed by atoms with Crippen molar-refractivity contribution in [3.05, 3.63) is 35.4 Å². The van der Waals surface area contributed by atoms with E-state index in [9.17, 15) is 19.2 Å². The van der Waals surface area contributed by atoms with Crippen LogP contribution in [-0.4, -0.2) is 36.6 Å². The third-order valence-corrected chi connectivity index (χ3v) is 2.58. The first kappa shape index (κ1) is 15.6. The molecule has 20 heavy (non-hydrogen) atoms. The van der Waals surface area contributed by atoms with Gasteiger partial charge in [-0.15, -0.1) is 0 Å². The first-order valence-electron chi connectivity index (χ1n) is 5.97. The lowest BCUT2D eigenvalue weighted by Crippen LogP contribution is -2.31. The van der Waals surface area contributed by atoms with Crippen molar-refractivity contribution in [2.45, 2.75) is 13.3 Å². The standard InChI is InChI=1S/C14H15NO5/c1-10(8-16)7-13(18)15(2)20-14(19)12-5-3-11(9-17)4-6-12/h3-6,8-10H,7H2,1-2H3. The number of carbonyl (C=O) groups excluding carboxylic acids is 4. The summed E-state index contributed by atoms with van der Waals surface area (Å²) in [4.78, 5) is 49.2. The normalized spacial score (nSPS) is 11.3. The second kappa shape index (κ2) is 7.18. The summed E-state index contributed by atoms with van der Waals surface area (Å²) >= 11 is 0. The molecule has 106 valence electrons. The minimum atomic E-state index is -0.711. The van der Waals surface area contributed by atoms with Crippen LogP contribution in [0.3, 0.4) is 0 Å². The number of nitrogens with zero attached hydrogens (tertiary/aromatic N) is 1. The minimum absolute atomic E-state index is 0.0304. The van der Waals surface area contributed by atoms with Gasteiger partial charge in [-0.05, 0) is 12.1 Å². The molecule has 0 aliphatic heterocycles. The van der Waals surface area contributed by atoms with Crippen LogP contribution < -0.4 is 0 Å². The summed E-state index contributed by atoms with van der Waals surface area (Å²) in [5, 5.41) is 0.802.